The molecule has 0 aromatic heterocycles. The summed E-state index contributed by atoms with van der Waals surface area (Å²) in [6.07, 6.45) is 7.95. The fourth-order valence-electron chi connectivity index (χ4n) is 6.57. The van der Waals surface area contributed by atoms with Crippen LogP contribution in [0.3, 0.4) is 0 Å². The van der Waals surface area contributed by atoms with Crippen LogP contribution in [-0.2, 0) is 6.42 Å². The number of fused-ring (bicyclic) bond motifs is 5. The molecule has 3 heteroatoms. The maximum Gasteiger partial charge on any atom is 0.115 e. The topological polar surface area (TPSA) is 52.5 Å². The number of aromatic hydroxyl groups is 1. The second-order valence-corrected chi connectivity index (χ2v) is 9.02. The van der Waals surface area contributed by atoms with Gasteiger partial charge >= 0.3 is 0 Å². The van der Waals surface area contributed by atoms with Gasteiger partial charge in [-0.3, -0.25) is 0 Å². The molecule has 138 valence electrons. The van der Waals surface area contributed by atoms with Gasteiger partial charge in [0.1, 0.15) is 5.75 Å². The third-order valence-electron chi connectivity index (χ3n) is 7.84. The summed E-state index contributed by atoms with van der Waals surface area (Å²) < 4.78 is 0. The highest BCUT2D eigenvalue weighted by molar-refractivity contribution is 5.40. The Balaban J connectivity index is 1.69. The van der Waals surface area contributed by atoms with Crippen molar-refractivity contribution in [1.29, 1.82) is 0 Å². The highest BCUT2D eigenvalue weighted by Gasteiger charge is 2.56. The summed E-state index contributed by atoms with van der Waals surface area (Å²) in [7, 11) is 2.03. The van der Waals surface area contributed by atoms with Crippen molar-refractivity contribution in [2.45, 2.75) is 63.9 Å². The Morgan fingerprint density at radius 2 is 2.08 bits per heavy atom. The fraction of sp³-hybridized carbons (Fsp3) is 0.727. The first kappa shape index (κ1) is 17.4. The van der Waals surface area contributed by atoms with Gasteiger partial charge in [-0.1, -0.05) is 13.0 Å². The van der Waals surface area contributed by atoms with Gasteiger partial charge in [-0.25, -0.2) is 0 Å². The maximum atomic E-state index is 10.7. The number of rotatable bonds is 4. The molecule has 3 aliphatic rings. The summed E-state index contributed by atoms with van der Waals surface area (Å²) in [4.78, 5) is 0. The summed E-state index contributed by atoms with van der Waals surface area (Å²) in [6.45, 7) is 3.42. The van der Waals surface area contributed by atoms with Crippen molar-refractivity contribution in [3.05, 3.63) is 29.3 Å². The summed E-state index contributed by atoms with van der Waals surface area (Å²) in [5.41, 5.74) is 2.98. The molecule has 1 aromatic carbocycles. The Morgan fingerprint density at radius 3 is 2.88 bits per heavy atom. The van der Waals surface area contributed by atoms with E-state index in [1.54, 1.807) is 0 Å². The van der Waals surface area contributed by atoms with Crippen LogP contribution in [0.25, 0.3) is 0 Å². The van der Waals surface area contributed by atoms with E-state index in [1.165, 1.54) is 36.8 Å². The highest BCUT2D eigenvalue weighted by Crippen LogP contribution is 2.62. The van der Waals surface area contributed by atoms with Crippen molar-refractivity contribution >= 4 is 0 Å². The number of phenols is 1. The van der Waals surface area contributed by atoms with Gasteiger partial charge in [0.25, 0.3) is 0 Å². The lowest BCUT2D eigenvalue weighted by atomic mass is 9.52. The van der Waals surface area contributed by atoms with Gasteiger partial charge in [0.2, 0.25) is 0 Å². The lowest BCUT2D eigenvalue weighted by molar-refractivity contribution is -0.0395. The first-order valence-corrected chi connectivity index (χ1v) is 10.2. The quantitative estimate of drug-likeness (QED) is 0.728. The first-order valence-electron chi connectivity index (χ1n) is 10.2. The molecule has 0 amide bonds. The van der Waals surface area contributed by atoms with Crippen LogP contribution in [0.15, 0.2) is 18.2 Å². The number of aliphatic hydroxyl groups is 1. The molecule has 1 aromatic rings. The van der Waals surface area contributed by atoms with E-state index in [0.29, 0.717) is 29.4 Å². The first-order chi connectivity index (χ1) is 12.0. The zero-order valence-corrected chi connectivity index (χ0v) is 15.7. The van der Waals surface area contributed by atoms with Crippen molar-refractivity contribution in [1.82, 2.24) is 5.32 Å². The van der Waals surface area contributed by atoms with Crippen LogP contribution >= 0.6 is 0 Å². The van der Waals surface area contributed by atoms with E-state index in [1.807, 2.05) is 19.2 Å². The average molecular weight is 344 g/mol. The molecule has 6 unspecified atom stereocenters. The molecule has 3 N–H and O–H groups in total. The second kappa shape index (κ2) is 6.59. The lowest BCUT2D eigenvalue weighted by Crippen LogP contribution is -2.47. The minimum Gasteiger partial charge on any atom is -0.508 e. The summed E-state index contributed by atoms with van der Waals surface area (Å²) in [6, 6.07) is 6.06. The Labute approximate surface area is 151 Å². The van der Waals surface area contributed by atoms with E-state index in [4.69, 9.17) is 0 Å². The third-order valence-corrected chi connectivity index (χ3v) is 7.84. The third kappa shape index (κ3) is 2.80. The number of benzene rings is 1. The van der Waals surface area contributed by atoms with E-state index >= 15 is 0 Å². The van der Waals surface area contributed by atoms with E-state index in [-0.39, 0.29) is 11.5 Å². The normalized spacial score (nSPS) is 39.6. The zero-order chi connectivity index (χ0) is 17.6. The minimum absolute atomic E-state index is 0.113. The number of hydrogen-bond acceptors (Lipinski definition) is 3. The van der Waals surface area contributed by atoms with Crippen LogP contribution in [0.2, 0.25) is 0 Å². The van der Waals surface area contributed by atoms with Crippen molar-refractivity contribution in [2.75, 3.05) is 13.6 Å². The summed E-state index contributed by atoms with van der Waals surface area (Å²) in [5, 5.41) is 23.9. The van der Waals surface area contributed by atoms with E-state index in [9.17, 15) is 10.2 Å². The molecule has 0 radical (unpaired) electrons. The van der Waals surface area contributed by atoms with Gasteiger partial charge in [0.05, 0.1) is 6.10 Å². The molecular weight excluding hydrogens is 310 g/mol. The number of nitrogens with one attached hydrogen (secondary N) is 1. The monoisotopic (exact) mass is 343 g/mol. The van der Waals surface area contributed by atoms with Gasteiger partial charge in [-0.05, 0) is 111 Å². The van der Waals surface area contributed by atoms with Gasteiger partial charge in [-0.15, -0.1) is 0 Å². The number of phenolic OH excluding ortho intramolecular Hbond substituents is 1. The standard InChI is InChI=1S/C22H33NO2/c1-22-10-9-18-17-6-5-16(24)13-15(17)12-14(4-3-11-23-2)21(18)19(22)7-8-20(22)25/h5-6,13-14,18-21,23-25H,3-4,7-12H2,1-2H3. The smallest absolute Gasteiger partial charge is 0.115 e. The van der Waals surface area contributed by atoms with Crippen LogP contribution in [0.4, 0.5) is 0 Å². The zero-order valence-electron chi connectivity index (χ0n) is 15.7. The molecule has 0 spiro atoms. The molecule has 0 aliphatic heterocycles. The Morgan fingerprint density at radius 1 is 1.24 bits per heavy atom. The van der Waals surface area contributed by atoms with E-state index < -0.39 is 0 Å². The molecular formula is C22H33NO2. The van der Waals surface area contributed by atoms with Crippen LogP contribution in [0.5, 0.6) is 5.75 Å². The average Bonchev–Trinajstić information content (AvgIpc) is 2.90. The van der Waals surface area contributed by atoms with Gasteiger partial charge in [0, 0.05) is 0 Å². The van der Waals surface area contributed by atoms with Crippen molar-refractivity contribution in [3.8, 4) is 5.75 Å². The maximum absolute atomic E-state index is 10.7. The largest absolute Gasteiger partial charge is 0.508 e. The molecule has 0 saturated heterocycles. The minimum atomic E-state index is -0.113. The Bertz CT molecular complexity index is 630. The Hall–Kier alpha value is -1.06. The molecule has 25 heavy (non-hydrogen) atoms. The highest BCUT2D eigenvalue weighted by atomic mass is 16.3. The molecule has 0 bridgehead atoms. The van der Waals surface area contributed by atoms with Gasteiger partial charge in [0.15, 0.2) is 0 Å². The molecule has 3 nitrogen and oxygen atoms in total. The summed E-state index contributed by atoms with van der Waals surface area (Å²) >= 11 is 0. The SMILES string of the molecule is CNCCCC1Cc2cc(O)ccc2C2CCC3(C)C(O)CCC3C12. The van der Waals surface area contributed by atoms with Gasteiger partial charge in [-0.2, -0.15) is 0 Å². The predicted octanol–water partition coefficient (Wildman–Crippen LogP) is 3.83. The molecule has 2 fully saturated rings. The van der Waals surface area contributed by atoms with Crippen molar-refractivity contribution in [3.63, 3.8) is 0 Å². The van der Waals surface area contributed by atoms with Crippen LogP contribution in [0.1, 0.15) is 62.5 Å². The second-order valence-electron chi connectivity index (χ2n) is 9.02. The van der Waals surface area contributed by atoms with Crippen LogP contribution in [-0.4, -0.2) is 29.9 Å². The predicted molar refractivity (Wildman–Crippen MR) is 101 cm³/mol. The molecule has 4 rings (SSSR count). The molecule has 6 atom stereocenters. The van der Waals surface area contributed by atoms with E-state index in [0.717, 1.165) is 25.8 Å². The molecule has 2 saturated carbocycles. The molecule has 3 aliphatic carbocycles. The Kier molecular flexibility index (Phi) is 4.57. The number of aliphatic hydroxyl groups excluding tert-OH is 1. The van der Waals surface area contributed by atoms with Gasteiger partial charge < -0.3 is 15.5 Å². The number of hydrogen-bond donors (Lipinski definition) is 3. The van der Waals surface area contributed by atoms with E-state index in [2.05, 4.69) is 18.3 Å². The fourth-order valence-corrected chi connectivity index (χ4v) is 6.57. The van der Waals surface area contributed by atoms with Crippen LogP contribution in [0, 0.1) is 23.2 Å². The van der Waals surface area contributed by atoms with Crippen molar-refractivity contribution < 1.29 is 10.2 Å². The van der Waals surface area contributed by atoms with Crippen molar-refractivity contribution in [2.24, 2.45) is 23.2 Å². The summed E-state index contributed by atoms with van der Waals surface area (Å²) in [5.74, 6) is 3.06. The lowest BCUT2D eigenvalue weighted by Gasteiger charge is -2.53. The molecule has 0 heterocycles. The van der Waals surface area contributed by atoms with Crippen LogP contribution < -0.4 is 5.32 Å².